The molecule has 178 valence electrons. The largest absolute Gasteiger partial charge is 0.279 e. The molecule has 0 saturated carbocycles. The number of rotatable bonds is 6. The lowest BCUT2D eigenvalue weighted by atomic mass is 9.87. The number of carbonyl (C=O) groups is 2. The summed E-state index contributed by atoms with van der Waals surface area (Å²) in [7, 11) is -2.28. The van der Waals surface area contributed by atoms with Crippen molar-refractivity contribution in [3.63, 3.8) is 0 Å². The van der Waals surface area contributed by atoms with Crippen molar-refractivity contribution in [3.8, 4) is 6.07 Å². The summed E-state index contributed by atoms with van der Waals surface area (Å²) in [5.74, 6) is -1.23. The molecule has 35 heavy (non-hydrogen) atoms. The highest BCUT2D eigenvalue weighted by Gasteiger charge is 2.40. The second-order valence-corrected chi connectivity index (χ2v) is 10.9. The standard InChI is InChI=1S/C25H21ClN4O4S/c1-25(2,15-27)17-6-8-18(9-7-17)35(33,34)28-20-11-10-19(26)21-22(20)24(32)30(23(21)31)14-16-5-4-12-29(3)13-16/h4-13H,14H2,1-3H3/p+1. The minimum absolute atomic E-state index is 0.0136. The molecule has 3 aromatic rings. The Balaban J connectivity index is 1.67. The van der Waals surface area contributed by atoms with Gasteiger partial charge in [-0.15, -0.1) is 0 Å². The fourth-order valence-corrected chi connectivity index (χ4v) is 5.15. The van der Waals surface area contributed by atoms with Gasteiger partial charge in [0.05, 0.1) is 44.8 Å². The number of hydrogen-bond donors (Lipinski definition) is 1. The summed E-state index contributed by atoms with van der Waals surface area (Å²) in [5, 5.41) is 9.36. The third-order valence-corrected chi connectivity index (χ3v) is 7.52. The van der Waals surface area contributed by atoms with Crippen molar-refractivity contribution in [2.24, 2.45) is 7.05 Å². The summed E-state index contributed by atoms with van der Waals surface area (Å²) < 4.78 is 30.4. The van der Waals surface area contributed by atoms with Gasteiger partial charge in [-0.05, 0) is 49.7 Å². The smallest absolute Gasteiger partial charge is 0.264 e. The maximum atomic E-state index is 13.3. The van der Waals surface area contributed by atoms with Crippen LogP contribution >= 0.6 is 11.6 Å². The number of nitriles is 1. The zero-order valence-corrected chi connectivity index (χ0v) is 20.8. The number of benzene rings is 2. The van der Waals surface area contributed by atoms with Crippen LogP contribution in [0.5, 0.6) is 0 Å². The summed E-state index contributed by atoms with van der Waals surface area (Å²) in [6, 6.07) is 14.4. The monoisotopic (exact) mass is 509 g/mol. The first-order valence-corrected chi connectivity index (χ1v) is 12.5. The Bertz CT molecular complexity index is 1510. The van der Waals surface area contributed by atoms with Crippen LogP contribution < -0.4 is 9.29 Å². The first kappa shape index (κ1) is 24.4. The van der Waals surface area contributed by atoms with Crippen LogP contribution in [0.15, 0.2) is 65.8 Å². The number of nitrogens with one attached hydrogen (secondary N) is 1. The molecule has 0 spiro atoms. The molecule has 0 aliphatic carbocycles. The summed E-state index contributed by atoms with van der Waals surface area (Å²) in [5.41, 5.74) is 0.445. The van der Waals surface area contributed by atoms with Crippen molar-refractivity contribution in [2.75, 3.05) is 4.72 Å². The zero-order chi connectivity index (χ0) is 25.5. The third kappa shape index (κ3) is 4.50. The molecule has 0 fully saturated rings. The number of hydrogen-bond acceptors (Lipinski definition) is 5. The maximum absolute atomic E-state index is 13.3. The Morgan fingerprint density at radius 3 is 2.34 bits per heavy atom. The van der Waals surface area contributed by atoms with E-state index in [4.69, 9.17) is 11.6 Å². The Labute approximate surface area is 208 Å². The van der Waals surface area contributed by atoms with E-state index in [1.54, 1.807) is 48.9 Å². The molecule has 8 nitrogen and oxygen atoms in total. The number of aryl methyl sites for hydroxylation is 1. The van der Waals surface area contributed by atoms with Gasteiger partial charge >= 0.3 is 0 Å². The average molecular weight is 510 g/mol. The third-order valence-electron chi connectivity index (χ3n) is 5.82. The Morgan fingerprint density at radius 1 is 1.06 bits per heavy atom. The number of halogens is 1. The Kier molecular flexibility index (Phi) is 6.13. The highest BCUT2D eigenvalue weighted by Crippen LogP contribution is 2.36. The van der Waals surface area contributed by atoms with Gasteiger partial charge in [0, 0.05) is 11.6 Å². The van der Waals surface area contributed by atoms with Crippen molar-refractivity contribution in [1.29, 1.82) is 5.26 Å². The van der Waals surface area contributed by atoms with Gasteiger partial charge < -0.3 is 0 Å². The molecular formula is C25H22ClN4O4S+. The van der Waals surface area contributed by atoms with Crippen LogP contribution in [-0.4, -0.2) is 25.1 Å². The van der Waals surface area contributed by atoms with E-state index in [1.807, 2.05) is 13.2 Å². The van der Waals surface area contributed by atoms with E-state index in [9.17, 15) is 23.3 Å². The van der Waals surface area contributed by atoms with E-state index in [0.717, 1.165) is 10.5 Å². The lowest BCUT2D eigenvalue weighted by molar-refractivity contribution is -0.672. The summed E-state index contributed by atoms with van der Waals surface area (Å²) >= 11 is 6.25. The van der Waals surface area contributed by atoms with Crippen molar-refractivity contribution in [3.05, 3.63) is 88.2 Å². The molecule has 1 aromatic heterocycles. The lowest BCUT2D eigenvalue weighted by Crippen LogP contribution is -2.32. The number of anilines is 1. The molecule has 0 bridgehead atoms. The van der Waals surface area contributed by atoms with E-state index < -0.39 is 27.3 Å². The van der Waals surface area contributed by atoms with Crippen LogP contribution in [-0.2, 0) is 29.0 Å². The molecule has 4 rings (SSSR count). The Morgan fingerprint density at radius 2 is 1.71 bits per heavy atom. The van der Waals surface area contributed by atoms with Crippen molar-refractivity contribution in [1.82, 2.24) is 4.90 Å². The number of sulfonamides is 1. The SMILES string of the molecule is C[n+]1cccc(CN2C(=O)c3c(Cl)ccc(NS(=O)(=O)c4ccc(C(C)(C)C#N)cc4)c3C2=O)c1. The van der Waals surface area contributed by atoms with Crippen molar-refractivity contribution < 1.29 is 22.6 Å². The number of carbonyl (C=O) groups excluding carboxylic acids is 2. The lowest BCUT2D eigenvalue weighted by Gasteiger charge is -2.16. The Hall–Kier alpha value is -3.74. The van der Waals surface area contributed by atoms with E-state index in [2.05, 4.69) is 10.8 Å². The molecule has 0 saturated heterocycles. The highest BCUT2D eigenvalue weighted by molar-refractivity contribution is 7.92. The first-order chi connectivity index (χ1) is 16.4. The van der Waals surface area contributed by atoms with Gasteiger partial charge in [-0.1, -0.05) is 23.7 Å². The predicted molar refractivity (Wildman–Crippen MR) is 129 cm³/mol. The quantitative estimate of drug-likeness (QED) is 0.403. The number of nitrogens with zero attached hydrogens (tertiary/aromatic N) is 3. The molecule has 0 unspecified atom stereocenters. The molecule has 0 radical (unpaired) electrons. The van der Waals surface area contributed by atoms with Gasteiger partial charge in [-0.3, -0.25) is 19.2 Å². The van der Waals surface area contributed by atoms with Crippen LogP contribution in [0.2, 0.25) is 5.02 Å². The molecule has 1 aliphatic rings. The van der Waals surface area contributed by atoms with Crippen LogP contribution in [0.25, 0.3) is 0 Å². The van der Waals surface area contributed by atoms with Gasteiger partial charge in [0.2, 0.25) is 0 Å². The van der Waals surface area contributed by atoms with Crippen LogP contribution in [0.1, 0.15) is 45.7 Å². The first-order valence-electron chi connectivity index (χ1n) is 10.6. The number of aromatic nitrogens is 1. The van der Waals surface area contributed by atoms with E-state index in [1.165, 1.54) is 24.3 Å². The summed E-state index contributed by atoms with van der Waals surface area (Å²) in [6.07, 6.45) is 3.61. The molecule has 2 heterocycles. The van der Waals surface area contributed by atoms with E-state index in [-0.39, 0.29) is 33.3 Å². The average Bonchev–Trinajstić information content (AvgIpc) is 3.07. The second kappa shape index (κ2) is 8.80. The van der Waals surface area contributed by atoms with Crippen molar-refractivity contribution in [2.45, 2.75) is 30.7 Å². The minimum Gasteiger partial charge on any atom is -0.279 e. The van der Waals surface area contributed by atoms with Crippen LogP contribution in [0, 0.1) is 11.3 Å². The molecule has 1 N–H and O–H groups in total. The summed E-state index contributed by atoms with van der Waals surface area (Å²) in [4.78, 5) is 27.3. The maximum Gasteiger partial charge on any atom is 0.264 e. The number of imide groups is 1. The van der Waals surface area contributed by atoms with Gasteiger partial charge in [-0.25, -0.2) is 13.0 Å². The van der Waals surface area contributed by atoms with E-state index >= 15 is 0 Å². The minimum atomic E-state index is -4.10. The molecule has 2 aromatic carbocycles. The van der Waals surface area contributed by atoms with Crippen molar-refractivity contribution >= 4 is 39.1 Å². The molecule has 10 heteroatoms. The molecule has 1 aliphatic heterocycles. The van der Waals surface area contributed by atoms with Gasteiger partial charge in [0.1, 0.15) is 7.05 Å². The number of pyridine rings is 1. The molecular weight excluding hydrogens is 488 g/mol. The fourth-order valence-electron chi connectivity index (χ4n) is 3.84. The molecule has 2 amide bonds. The molecule has 0 atom stereocenters. The topological polar surface area (TPSA) is 111 Å². The highest BCUT2D eigenvalue weighted by atomic mass is 35.5. The zero-order valence-electron chi connectivity index (χ0n) is 19.2. The summed E-state index contributed by atoms with van der Waals surface area (Å²) in [6.45, 7) is 3.48. The van der Waals surface area contributed by atoms with Crippen LogP contribution in [0.4, 0.5) is 5.69 Å². The van der Waals surface area contributed by atoms with Crippen LogP contribution in [0.3, 0.4) is 0 Å². The predicted octanol–water partition coefficient (Wildman–Crippen LogP) is 3.56. The number of amides is 2. The van der Waals surface area contributed by atoms with Gasteiger partial charge in [0.15, 0.2) is 12.4 Å². The number of fused-ring (bicyclic) bond motifs is 1. The second-order valence-electron chi connectivity index (χ2n) is 8.79. The normalized spacial score (nSPS) is 13.5. The van der Waals surface area contributed by atoms with Gasteiger partial charge in [-0.2, -0.15) is 5.26 Å². The fraction of sp³-hybridized carbons (Fsp3) is 0.200. The van der Waals surface area contributed by atoms with Gasteiger partial charge in [0.25, 0.3) is 21.8 Å². The van der Waals surface area contributed by atoms with E-state index in [0.29, 0.717) is 5.56 Å².